The molecule has 0 aliphatic carbocycles. The molecule has 2 heterocycles. The van der Waals surface area contributed by atoms with Crippen LogP contribution < -0.4 is 10.6 Å². The first kappa shape index (κ1) is 13.5. The molecule has 0 aromatic carbocycles. The van der Waals surface area contributed by atoms with Gasteiger partial charge in [-0.1, -0.05) is 0 Å². The van der Waals surface area contributed by atoms with E-state index in [0.29, 0.717) is 11.4 Å². The van der Waals surface area contributed by atoms with Crippen LogP contribution in [0.2, 0.25) is 0 Å². The lowest BCUT2D eigenvalue weighted by Crippen LogP contribution is -2.13. The van der Waals surface area contributed by atoms with Crippen molar-refractivity contribution in [2.24, 2.45) is 0 Å². The average Bonchev–Trinajstić information content (AvgIpc) is 2.42. The fourth-order valence-electron chi connectivity index (χ4n) is 1.45. The molecule has 0 bridgehead atoms. The fraction of sp³-hybridized carbons (Fsp3) is 0.154. The summed E-state index contributed by atoms with van der Waals surface area (Å²) in [5, 5.41) is 5.77. The Hall–Kier alpha value is -1.95. The predicted molar refractivity (Wildman–Crippen MR) is 78.3 cm³/mol. The third kappa shape index (κ3) is 3.75. The Morgan fingerprint density at radius 1 is 1.16 bits per heavy atom. The van der Waals surface area contributed by atoms with E-state index in [1.54, 1.807) is 24.4 Å². The van der Waals surface area contributed by atoms with E-state index >= 15 is 0 Å². The van der Waals surface area contributed by atoms with E-state index < -0.39 is 0 Å². The summed E-state index contributed by atoms with van der Waals surface area (Å²) in [5.41, 5.74) is 0.492. The van der Waals surface area contributed by atoms with Crippen LogP contribution >= 0.6 is 15.9 Å². The second-order valence-electron chi connectivity index (χ2n) is 3.78. The SMILES string of the molecule is CCNc1ccc(C(=O)Nc2ccc(Br)cn2)cn1. The number of aromatic nitrogens is 2. The number of hydrogen-bond acceptors (Lipinski definition) is 4. The Bertz CT molecular complexity index is 554. The molecule has 0 radical (unpaired) electrons. The van der Waals surface area contributed by atoms with Crippen LogP contribution in [0, 0.1) is 0 Å². The van der Waals surface area contributed by atoms with Crippen LogP contribution in [-0.4, -0.2) is 22.4 Å². The zero-order valence-electron chi connectivity index (χ0n) is 10.4. The van der Waals surface area contributed by atoms with Gasteiger partial charge in [0.1, 0.15) is 11.6 Å². The lowest BCUT2D eigenvalue weighted by atomic mass is 10.2. The summed E-state index contributed by atoms with van der Waals surface area (Å²) in [6.45, 7) is 2.78. The van der Waals surface area contributed by atoms with Crippen LogP contribution in [0.15, 0.2) is 41.1 Å². The second kappa shape index (κ2) is 6.29. The number of halogens is 1. The zero-order chi connectivity index (χ0) is 13.7. The molecular weight excluding hydrogens is 308 g/mol. The smallest absolute Gasteiger partial charge is 0.258 e. The Morgan fingerprint density at radius 3 is 2.47 bits per heavy atom. The normalized spacial score (nSPS) is 10.0. The maximum absolute atomic E-state index is 11.9. The van der Waals surface area contributed by atoms with Gasteiger partial charge in [0.15, 0.2) is 0 Å². The minimum Gasteiger partial charge on any atom is -0.370 e. The van der Waals surface area contributed by atoms with Crippen molar-refractivity contribution in [2.45, 2.75) is 6.92 Å². The molecule has 0 unspecified atom stereocenters. The van der Waals surface area contributed by atoms with Gasteiger partial charge < -0.3 is 10.6 Å². The van der Waals surface area contributed by atoms with E-state index in [9.17, 15) is 4.79 Å². The van der Waals surface area contributed by atoms with Gasteiger partial charge in [0.2, 0.25) is 0 Å². The van der Waals surface area contributed by atoms with Gasteiger partial charge in [0.05, 0.1) is 5.56 Å². The molecule has 2 aromatic heterocycles. The van der Waals surface area contributed by atoms with E-state index in [4.69, 9.17) is 0 Å². The first-order chi connectivity index (χ1) is 9.19. The summed E-state index contributed by atoms with van der Waals surface area (Å²) in [6.07, 6.45) is 3.16. The van der Waals surface area contributed by atoms with Crippen LogP contribution in [0.25, 0.3) is 0 Å². The molecular formula is C13H13BrN4O. The van der Waals surface area contributed by atoms with Crippen LogP contribution in [0.3, 0.4) is 0 Å². The number of pyridine rings is 2. The number of anilines is 2. The van der Waals surface area contributed by atoms with E-state index in [-0.39, 0.29) is 5.91 Å². The molecule has 0 saturated heterocycles. The molecule has 19 heavy (non-hydrogen) atoms. The molecule has 2 aromatic rings. The molecule has 0 aliphatic heterocycles. The summed E-state index contributed by atoms with van der Waals surface area (Å²) in [5.74, 6) is 1.02. The summed E-state index contributed by atoms with van der Waals surface area (Å²) < 4.78 is 0.863. The molecule has 0 spiro atoms. The van der Waals surface area contributed by atoms with Crippen molar-refractivity contribution < 1.29 is 4.79 Å². The second-order valence-corrected chi connectivity index (χ2v) is 4.69. The van der Waals surface area contributed by atoms with Crippen molar-refractivity contribution in [3.8, 4) is 0 Å². The molecule has 0 saturated carbocycles. The highest BCUT2D eigenvalue weighted by Gasteiger charge is 2.07. The van der Waals surface area contributed by atoms with E-state index in [2.05, 4.69) is 36.5 Å². The standard InChI is InChI=1S/C13H13BrN4O/c1-2-15-11-5-3-9(7-16-11)13(19)18-12-6-4-10(14)8-17-12/h3-8H,2H2,1H3,(H,15,16)(H,17,18,19). The monoisotopic (exact) mass is 320 g/mol. The van der Waals surface area contributed by atoms with Crippen LogP contribution in [0.1, 0.15) is 17.3 Å². The van der Waals surface area contributed by atoms with Crippen molar-refractivity contribution in [2.75, 3.05) is 17.2 Å². The highest BCUT2D eigenvalue weighted by Crippen LogP contribution is 2.12. The molecule has 1 amide bonds. The maximum atomic E-state index is 11.9. The molecule has 6 heteroatoms. The van der Waals surface area contributed by atoms with Crippen LogP contribution in [-0.2, 0) is 0 Å². The Labute approximate surface area is 119 Å². The van der Waals surface area contributed by atoms with Gasteiger partial charge in [-0.2, -0.15) is 0 Å². The fourth-order valence-corrected chi connectivity index (χ4v) is 1.69. The minimum atomic E-state index is -0.231. The van der Waals surface area contributed by atoms with Crippen molar-refractivity contribution >= 4 is 33.5 Å². The third-order valence-corrected chi connectivity index (χ3v) is 2.82. The first-order valence-corrected chi connectivity index (χ1v) is 6.61. The molecule has 2 rings (SSSR count). The first-order valence-electron chi connectivity index (χ1n) is 5.82. The average molecular weight is 321 g/mol. The summed E-state index contributed by atoms with van der Waals surface area (Å²) in [6, 6.07) is 7.03. The van der Waals surface area contributed by atoms with Crippen molar-refractivity contribution in [1.82, 2.24) is 9.97 Å². The molecule has 0 atom stereocenters. The van der Waals surface area contributed by atoms with E-state index in [0.717, 1.165) is 16.8 Å². The Balaban J connectivity index is 2.05. The van der Waals surface area contributed by atoms with Gasteiger partial charge in [-0.3, -0.25) is 4.79 Å². The summed E-state index contributed by atoms with van der Waals surface area (Å²) in [4.78, 5) is 20.2. The van der Waals surface area contributed by atoms with Gasteiger partial charge in [0, 0.05) is 23.4 Å². The largest absolute Gasteiger partial charge is 0.370 e. The highest BCUT2D eigenvalue weighted by atomic mass is 79.9. The topological polar surface area (TPSA) is 66.9 Å². The van der Waals surface area contributed by atoms with Gasteiger partial charge in [0.25, 0.3) is 5.91 Å². The maximum Gasteiger partial charge on any atom is 0.258 e. The lowest BCUT2D eigenvalue weighted by molar-refractivity contribution is 0.102. The molecule has 0 aliphatic rings. The Morgan fingerprint density at radius 2 is 1.89 bits per heavy atom. The highest BCUT2D eigenvalue weighted by molar-refractivity contribution is 9.10. The number of hydrogen-bond donors (Lipinski definition) is 2. The number of amides is 1. The quantitative estimate of drug-likeness (QED) is 0.909. The molecule has 5 nitrogen and oxygen atoms in total. The van der Waals surface area contributed by atoms with Crippen molar-refractivity contribution in [1.29, 1.82) is 0 Å². The number of carbonyl (C=O) groups excluding carboxylic acids is 1. The minimum absolute atomic E-state index is 0.231. The van der Waals surface area contributed by atoms with Gasteiger partial charge in [-0.05, 0) is 47.1 Å². The lowest BCUT2D eigenvalue weighted by Gasteiger charge is -2.05. The third-order valence-electron chi connectivity index (χ3n) is 2.35. The van der Waals surface area contributed by atoms with E-state index in [1.807, 2.05) is 13.0 Å². The molecule has 2 N–H and O–H groups in total. The van der Waals surface area contributed by atoms with Gasteiger partial charge in [-0.25, -0.2) is 9.97 Å². The van der Waals surface area contributed by atoms with E-state index in [1.165, 1.54) is 6.20 Å². The van der Waals surface area contributed by atoms with Gasteiger partial charge in [-0.15, -0.1) is 0 Å². The van der Waals surface area contributed by atoms with Crippen LogP contribution in [0.5, 0.6) is 0 Å². The van der Waals surface area contributed by atoms with Crippen molar-refractivity contribution in [3.05, 3.63) is 46.7 Å². The molecule has 98 valence electrons. The van der Waals surface area contributed by atoms with Crippen LogP contribution in [0.4, 0.5) is 11.6 Å². The number of carbonyl (C=O) groups is 1. The predicted octanol–water partition coefficient (Wildman–Crippen LogP) is 2.92. The Kier molecular flexibility index (Phi) is 4.46. The number of nitrogens with zero attached hydrogens (tertiary/aromatic N) is 2. The number of nitrogens with one attached hydrogen (secondary N) is 2. The number of rotatable bonds is 4. The summed E-state index contributed by atoms with van der Waals surface area (Å²) >= 11 is 3.29. The zero-order valence-corrected chi connectivity index (χ0v) is 11.9. The van der Waals surface area contributed by atoms with Crippen molar-refractivity contribution in [3.63, 3.8) is 0 Å². The molecule has 0 fully saturated rings. The van der Waals surface area contributed by atoms with Gasteiger partial charge >= 0.3 is 0 Å². The summed E-state index contributed by atoms with van der Waals surface area (Å²) in [7, 11) is 0.